The molecule has 22 heavy (non-hydrogen) atoms. The standard InChI is InChI=1S/C11H15BrNO8S/c12-7-8(14)3-5-22(19,20)6-4-11(17)21-13(18)9(15)1-2-10(13)16/h18H,1-7H2/q+1. The van der Waals surface area contributed by atoms with Gasteiger partial charge in [0.05, 0.1) is 36.1 Å². The van der Waals surface area contributed by atoms with E-state index >= 15 is 0 Å². The van der Waals surface area contributed by atoms with Crippen LogP contribution in [0.1, 0.15) is 25.7 Å². The van der Waals surface area contributed by atoms with Crippen molar-refractivity contribution in [3.05, 3.63) is 0 Å². The van der Waals surface area contributed by atoms with Gasteiger partial charge >= 0.3 is 17.8 Å². The van der Waals surface area contributed by atoms with Crippen LogP contribution in [-0.4, -0.2) is 58.8 Å². The Morgan fingerprint density at radius 2 is 1.64 bits per heavy atom. The predicted molar refractivity (Wildman–Crippen MR) is 74.1 cm³/mol. The maximum atomic E-state index is 11.6. The van der Waals surface area contributed by atoms with Crippen molar-refractivity contribution in [3.8, 4) is 0 Å². The molecule has 1 heterocycles. The van der Waals surface area contributed by atoms with Gasteiger partial charge in [-0.15, -0.1) is 0 Å². The molecular weight excluding hydrogens is 386 g/mol. The van der Waals surface area contributed by atoms with Crippen molar-refractivity contribution in [1.29, 1.82) is 0 Å². The fraction of sp³-hybridized carbons (Fsp3) is 0.636. The highest BCUT2D eigenvalue weighted by Crippen LogP contribution is 2.21. The van der Waals surface area contributed by atoms with Gasteiger partial charge in [-0.1, -0.05) is 15.9 Å². The topological polar surface area (TPSA) is 132 Å². The van der Waals surface area contributed by atoms with Crippen molar-refractivity contribution in [2.75, 3.05) is 16.8 Å². The van der Waals surface area contributed by atoms with Gasteiger partial charge in [0.25, 0.3) is 0 Å². The monoisotopic (exact) mass is 400 g/mol. The van der Waals surface area contributed by atoms with Gasteiger partial charge in [-0.2, -0.15) is 5.21 Å². The van der Waals surface area contributed by atoms with Gasteiger partial charge in [0.15, 0.2) is 9.84 Å². The maximum absolute atomic E-state index is 11.6. The van der Waals surface area contributed by atoms with Crippen molar-refractivity contribution in [2.45, 2.75) is 25.7 Å². The molecule has 0 bridgehead atoms. The second kappa shape index (κ2) is 7.40. The average Bonchev–Trinajstić information content (AvgIpc) is 2.70. The van der Waals surface area contributed by atoms with Gasteiger partial charge in [-0.25, -0.2) is 27.6 Å². The Morgan fingerprint density at radius 1 is 1.14 bits per heavy atom. The average molecular weight is 401 g/mol. The Morgan fingerprint density at radius 3 is 2.14 bits per heavy atom. The molecule has 0 aromatic carbocycles. The number of hydrogen-bond donors (Lipinski definition) is 1. The van der Waals surface area contributed by atoms with Crippen LogP contribution in [0.2, 0.25) is 0 Å². The van der Waals surface area contributed by atoms with E-state index in [2.05, 4.69) is 20.8 Å². The van der Waals surface area contributed by atoms with E-state index in [-0.39, 0.29) is 30.4 Å². The molecule has 11 heteroatoms. The lowest BCUT2D eigenvalue weighted by molar-refractivity contribution is -1.12. The quantitative estimate of drug-likeness (QED) is 0.253. The predicted octanol–water partition coefficient (Wildman–Crippen LogP) is -0.343. The van der Waals surface area contributed by atoms with E-state index in [1.807, 2.05) is 0 Å². The third-order valence-electron chi connectivity index (χ3n) is 2.92. The van der Waals surface area contributed by atoms with Gasteiger partial charge in [0, 0.05) is 6.42 Å². The Kier molecular flexibility index (Phi) is 6.35. The Hall–Kier alpha value is -1.17. The van der Waals surface area contributed by atoms with E-state index in [4.69, 9.17) is 0 Å². The summed E-state index contributed by atoms with van der Waals surface area (Å²) in [5, 5.41) is 9.67. The van der Waals surface area contributed by atoms with Crippen molar-refractivity contribution < 1.29 is 42.5 Å². The molecule has 1 N–H and O–H groups in total. The minimum Gasteiger partial charge on any atom is -0.299 e. The maximum Gasteiger partial charge on any atom is 0.397 e. The van der Waals surface area contributed by atoms with Crippen LogP contribution in [-0.2, 0) is 33.9 Å². The van der Waals surface area contributed by atoms with E-state index in [0.717, 1.165) is 0 Å². The largest absolute Gasteiger partial charge is 0.397 e. The molecule has 2 amide bonds. The molecule has 1 saturated heterocycles. The van der Waals surface area contributed by atoms with Crippen LogP contribution < -0.4 is 0 Å². The number of amides is 2. The fourth-order valence-electron chi connectivity index (χ4n) is 1.63. The summed E-state index contributed by atoms with van der Waals surface area (Å²) >= 11 is 2.90. The number of Topliss-reactive ketones (excluding diaryl/α,β-unsaturated/α-hetero) is 1. The number of rotatable bonds is 8. The second-order valence-corrected chi connectivity index (χ2v) is 7.52. The molecule has 0 aromatic heterocycles. The second-order valence-electron chi connectivity index (χ2n) is 4.65. The molecule has 0 atom stereocenters. The van der Waals surface area contributed by atoms with Crippen LogP contribution in [0, 0.1) is 0 Å². The van der Waals surface area contributed by atoms with E-state index in [0.29, 0.717) is 0 Å². The smallest absolute Gasteiger partial charge is 0.299 e. The molecule has 0 radical (unpaired) electrons. The highest BCUT2D eigenvalue weighted by atomic mass is 79.9. The number of carbonyl (C=O) groups excluding carboxylic acids is 4. The summed E-state index contributed by atoms with van der Waals surface area (Å²) in [6, 6.07) is 0. The number of imide groups is 1. The van der Waals surface area contributed by atoms with Crippen LogP contribution in [0.4, 0.5) is 0 Å². The minimum absolute atomic E-state index is 0.0410. The van der Waals surface area contributed by atoms with E-state index in [1.165, 1.54) is 0 Å². The number of halogens is 1. The first-order valence-electron chi connectivity index (χ1n) is 6.30. The van der Waals surface area contributed by atoms with Crippen LogP contribution >= 0.6 is 15.9 Å². The molecule has 0 unspecified atom stereocenters. The third kappa shape index (κ3) is 4.93. The first-order chi connectivity index (χ1) is 10.1. The number of hydroxylamine groups is 4. The zero-order chi connectivity index (χ0) is 17.0. The lowest BCUT2D eigenvalue weighted by Gasteiger charge is -2.15. The van der Waals surface area contributed by atoms with E-state index in [1.54, 1.807) is 0 Å². The summed E-state index contributed by atoms with van der Waals surface area (Å²) in [5.74, 6) is -4.47. The van der Waals surface area contributed by atoms with Crippen molar-refractivity contribution >= 4 is 49.3 Å². The molecule has 0 saturated carbocycles. The molecule has 0 aromatic rings. The molecule has 0 spiro atoms. The summed E-state index contributed by atoms with van der Waals surface area (Å²) in [5.41, 5.74) is 0. The Labute approximate surface area is 134 Å². The lowest BCUT2D eigenvalue weighted by Crippen LogP contribution is -2.50. The van der Waals surface area contributed by atoms with Gasteiger partial charge in [-0.05, 0) is 0 Å². The van der Waals surface area contributed by atoms with Crippen LogP contribution in [0.5, 0.6) is 0 Å². The normalized spacial score (nSPS) is 17.5. The molecule has 9 nitrogen and oxygen atoms in total. The molecule has 1 aliphatic rings. The van der Waals surface area contributed by atoms with Crippen LogP contribution in [0.25, 0.3) is 0 Å². The fourth-order valence-corrected chi connectivity index (χ4v) is 3.13. The summed E-state index contributed by atoms with van der Waals surface area (Å²) < 4.78 is 23.2. The Bertz CT molecular complexity index is 583. The number of sulfone groups is 1. The van der Waals surface area contributed by atoms with E-state index in [9.17, 15) is 32.8 Å². The highest BCUT2D eigenvalue weighted by Gasteiger charge is 2.55. The number of hydrogen-bond acceptors (Lipinski definition) is 8. The number of nitrogens with zero attached hydrogens (tertiary/aromatic N) is 1. The first-order valence-corrected chi connectivity index (χ1v) is 9.24. The highest BCUT2D eigenvalue weighted by molar-refractivity contribution is 9.09. The van der Waals surface area contributed by atoms with Gasteiger partial charge in [0.2, 0.25) is 0 Å². The zero-order valence-electron chi connectivity index (χ0n) is 11.5. The van der Waals surface area contributed by atoms with Gasteiger partial charge in [0.1, 0.15) is 10.6 Å². The summed E-state index contributed by atoms with van der Waals surface area (Å²) in [7, 11) is -3.66. The summed E-state index contributed by atoms with van der Waals surface area (Å²) in [6.45, 7) is 0. The SMILES string of the molecule is O=C(CBr)CCS(=O)(=O)CCC(=O)O[N+]1(O)C(=O)CCC1=O. The number of quaternary nitrogens is 1. The third-order valence-corrected chi connectivity index (χ3v) is 5.20. The molecule has 0 aliphatic carbocycles. The van der Waals surface area contributed by atoms with Crippen molar-refractivity contribution in [3.63, 3.8) is 0 Å². The van der Waals surface area contributed by atoms with Crippen LogP contribution in [0.15, 0.2) is 0 Å². The minimum atomic E-state index is -3.66. The first kappa shape index (κ1) is 18.9. The Balaban J connectivity index is 2.51. The molecule has 1 rings (SSSR count). The number of carbonyl (C=O) groups is 4. The molecule has 124 valence electrons. The lowest BCUT2D eigenvalue weighted by atomic mass is 10.4. The summed E-state index contributed by atoms with van der Waals surface area (Å²) in [6.07, 6.45) is -1.32. The van der Waals surface area contributed by atoms with Crippen LogP contribution in [0.3, 0.4) is 0 Å². The zero-order valence-corrected chi connectivity index (χ0v) is 13.9. The molecular formula is C11H15BrNO8S+. The number of ketones is 1. The summed E-state index contributed by atoms with van der Waals surface area (Å²) in [4.78, 5) is 47.5. The van der Waals surface area contributed by atoms with Gasteiger partial charge < -0.3 is 0 Å². The van der Waals surface area contributed by atoms with Crippen molar-refractivity contribution in [1.82, 2.24) is 0 Å². The molecule has 1 fully saturated rings. The molecule has 1 aliphatic heterocycles. The van der Waals surface area contributed by atoms with E-state index < -0.39 is 50.4 Å². The van der Waals surface area contributed by atoms with Crippen molar-refractivity contribution in [2.24, 2.45) is 0 Å². The number of alkyl halides is 1. The van der Waals surface area contributed by atoms with Gasteiger partial charge in [-0.3, -0.25) is 4.79 Å².